The Morgan fingerprint density at radius 2 is 2.07 bits per heavy atom. The maximum Gasteiger partial charge on any atom is 0.245 e. The van der Waals surface area contributed by atoms with Gasteiger partial charge in [0.2, 0.25) is 11.8 Å². The molecule has 2 amide bonds. The average molecular weight is 391 g/mol. The number of carbonyl (C=O) groups is 2. The number of piperidine rings is 1. The highest BCUT2D eigenvalue weighted by molar-refractivity contribution is 5.89. The van der Waals surface area contributed by atoms with Gasteiger partial charge in [0.1, 0.15) is 11.8 Å². The molecule has 1 saturated heterocycles. The number of aromatic nitrogens is 1. The lowest BCUT2D eigenvalue weighted by Crippen LogP contribution is -2.50. The van der Waals surface area contributed by atoms with Crippen LogP contribution in [0.2, 0.25) is 0 Å². The van der Waals surface area contributed by atoms with Gasteiger partial charge in [-0.25, -0.2) is 0 Å². The number of phenolic OH excluding ortho intramolecular Hbond substituents is 1. The van der Waals surface area contributed by atoms with E-state index in [1.54, 1.807) is 24.4 Å². The van der Waals surface area contributed by atoms with E-state index < -0.39 is 0 Å². The molecule has 2 aliphatic heterocycles. The Morgan fingerprint density at radius 1 is 1.17 bits per heavy atom. The summed E-state index contributed by atoms with van der Waals surface area (Å²) in [5, 5.41) is 9.62. The van der Waals surface area contributed by atoms with E-state index in [2.05, 4.69) is 11.1 Å². The van der Waals surface area contributed by atoms with E-state index in [0.29, 0.717) is 31.8 Å². The lowest BCUT2D eigenvalue weighted by Gasteiger charge is -2.34. The quantitative estimate of drug-likeness (QED) is 0.868. The van der Waals surface area contributed by atoms with Crippen LogP contribution in [-0.2, 0) is 29.0 Å². The summed E-state index contributed by atoms with van der Waals surface area (Å²) in [6, 6.07) is 10.9. The summed E-state index contributed by atoms with van der Waals surface area (Å²) >= 11 is 0. The second kappa shape index (κ2) is 7.17. The van der Waals surface area contributed by atoms with Gasteiger partial charge in [-0.2, -0.15) is 0 Å². The van der Waals surface area contributed by atoms with Crippen molar-refractivity contribution in [1.82, 2.24) is 14.8 Å². The van der Waals surface area contributed by atoms with E-state index in [4.69, 9.17) is 0 Å². The molecule has 3 heterocycles. The van der Waals surface area contributed by atoms with Crippen LogP contribution in [0, 0.1) is 5.92 Å². The molecule has 0 bridgehead atoms. The standard InChI is InChI=1S/C23H25N3O3/c27-18-5-1-3-15(11-18)6-7-22(28)26-20-12-17(20)13-21(26)23(29)25-10-8-16-4-2-9-24-19(16)14-25/h1-5,9,11,17,20-21,27H,6-8,10,12-14H2/t17-,20-,21+/m0/s1. The third kappa shape index (κ3) is 3.48. The van der Waals surface area contributed by atoms with Gasteiger partial charge < -0.3 is 14.9 Å². The van der Waals surface area contributed by atoms with Crippen LogP contribution in [0.15, 0.2) is 42.6 Å². The number of fused-ring (bicyclic) bond motifs is 2. The van der Waals surface area contributed by atoms with Gasteiger partial charge in [0, 0.05) is 25.2 Å². The van der Waals surface area contributed by atoms with Gasteiger partial charge in [-0.3, -0.25) is 14.6 Å². The average Bonchev–Trinajstić information content (AvgIpc) is 3.40. The molecule has 5 rings (SSSR count). The van der Waals surface area contributed by atoms with E-state index in [-0.39, 0.29) is 29.6 Å². The van der Waals surface area contributed by atoms with Crippen molar-refractivity contribution >= 4 is 11.8 Å². The first-order valence-corrected chi connectivity index (χ1v) is 10.4. The largest absolute Gasteiger partial charge is 0.508 e. The van der Waals surface area contributed by atoms with Crippen molar-refractivity contribution in [2.75, 3.05) is 6.54 Å². The fraction of sp³-hybridized carbons (Fsp3) is 0.435. The van der Waals surface area contributed by atoms with Crippen LogP contribution in [0.3, 0.4) is 0 Å². The Balaban J connectivity index is 1.26. The predicted molar refractivity (Wildman–Crippen MR) is 107 cm³/mol. The maximum atomic E-state index is 13.3. The van der Waals surface area contributed by atoms with Crippen LogP contribution in [0.4, 0.5) is 0 Å². The molecule has 1 N–H and O–H groups in total. The number of aryl methyl sites for hydroxylation is 1. The molecule has 29 heavy (non-hydrogen) atoms. The number of hydrogen-bond acceptors (Lipinski definition) is 4. The maximum absolute atomic E-state index is 13.3. The van der Waals surface area contributed by atoms with Crippen molar-refractivity contribution in [3.05, 3.63) is 59.4 Å². The smallest absolute Gasteiger partial charge is 0.245 e. The van der Waals surface area contributed by atoms with Crippen molar-refractivity contribution in [2.45, 2.75) is 50.7 Å². The predicted octanol–water partition coefficient (Wildman–Crippen LogP) is 2.29. The summed E-state index contributed by atoms with van der Waals surface area (Å²) in [6.07, 6.45) is 5.33. The number of amides is 2. The Bertz CT molecular complexity index is 960. The molecule has 6 heteroatoms. The van der Waals surface area contributed by atoms with E-state index in [1.807, 2.05) is 21.9 Å². The fourth-order valence-corrected chi connectivity index (χ4v) is 4.88. The minimum Gasteiger partial charge on any atom is -0.508 e. The Hall–Kier alpha value is -2.89. The third-order valence-corrected chi connectivity index (χ3v) is 6.50. The molecular formula is C23H25N3O3. The highest BCUT2D eigenvalue weighted by Crippen LogP contribution is 2.48. The molecule has 6 nitrogen and oxygen atoms in total. The molecule has 2 aromatic rings. The van der Waals surface area contributed by atoms with Crippen molar-refractivity contribution < 1.29 is 14.7 Å². The summed E-state index contributed by atoms with van der Waals surface area (Å²) < 4.78 is 0. The summed E-state index contributed by atoms with van der Waals surface area (Å²) in [6.45, 7) is 1.22. The van der Waals surface area contributed by atoms with Gasteiger partial charge in [-0.15, -0.1) is 0 Å². The van der Waals surface area contributed by atoms with Crippen LogP contribution < -0.4 is 0 Å². The second-order valence-electron chi connectivity index (χ2n) is 8.40. The molecule has 1 aromatic carbocycles. The van der Waals surface area contributed by atoms with Crippen molar-refractivity contribution in [1.29, 1.82) is 0 Å². The van der Waals surface area contributed by atoms with E-state index in [0.717, 1.165) is 30.5 Å². The van der Waals surface area contributed by atoms with Crippen LogP contribution >= 0.6 is 0 Å². The first-order valence-electron chi connectivity index (χ1n) is 10.4. The minimum absolute atomic E-state index is 0.0484. The summed E-state index contributed by atoms with van der Waals surface area (Å²) in [4.78, 5) is 34.5. The topological polar surface area (TPSA) is 73.7 Å². The molecule has 0 unspecified atom stereocenters. The lowest BCUT2D eigenvalue weighted by molar-refractivity contribution is -0.145. The highest BCUT2D eigenvalue weighted by Gasteiger charge is 2.56. The molecule has 1 aliphatic carbocycles. The SMILES string of the molecule is O=C([C@H]1C[C@@H]2C[C@@H]2N1C(=O)CCc1cccc(O)c1)N1CCc2cccnc2C1. The molecule has 150 valence electrons. The third-order valence-electron chi connectivity index (χ3n) is 6.50. The van der Waals surface area contributed by atoms with Crippen LogP contribution in [0.1, 0.15) is 36.1 Å². The molecule has 1 saturated carbocycles. The van der Waals surface area contributed by atoms with E-state index in [1.165, 1.54) is 5.56 Å². The zero-order valence-corrected chi connectivity index (χ0v) is 16.3. The van der Waals surface area contributed by atoms with Gasteiger partial charge in [0.15, 0.2) is 0 Å². The van der Waals surface area contributed by atoms with Gasteiger partial charge >= 0.3 is 0 Å². The summed E-state index contributed by atoms with van der Waals surface area (Å²) in [7, 11) is 0. The van der Waals surface area contributed by atoms with E-state index >= 15 is 0 Å². The van der Waals surface area contributed by atoms with Crippen molar-refractivity contribution in [3.8, 4) is 5.75 Å². The molecular weight excluding hydrogens is 366 g/mol. The van der Waals surface area contributed by atoms with Crippen molar-refractivity contribution in [3.63, 3.8) is 0 Å². The summed E-state index contributed by atoms with van der Waals surface area (Å²) in [5.41, 5.74) is 3.12. The molecule has 3 aliphatic rings. The normalized spacial score (nSPS) is 24.8. The number of likely N-dealkylation sites (tertiary alicyclic amines) is 1. The molecule has 0 radical (unpaired) electrons. The Labute approximate surface area is 170 Å². The number of aromatic hydroxyl groups is 1. The number of benzene rings is 1. The highest BCUT2D eigenvalue weighted by atomic mass is 16.3. The summed E-state index contributed by atoms with van der Waals surface area (Å²) in [5.74, 6) is 0.806. The van der Waals surface area contributed by atoms with Crippen LogP contribution in [0.5, 0.6) is 5.75 Å². The number of carbonyl (C=O) groups excluding carboxylic acids is 2. The minimum atomic E-state index is -0.333. The first-order chi connectivity index (χ1) is 14.1. The van der Waals surface area contributed by atoms with Gasteiger partial charge in [-0.1, -0.05) is 18.2 Å². The molecule has 1 aromatic heterocycles. The van der Waals surface area contributed by atoms with Crippen molar-refractivity contribution in [2.24, 2.45) is 5.92 Å². The number of nitrogens with zero attached hydrogens (tertiary/aromatic N) is 3. The second-order valence-corrected chi connectivity index (χ2v) is 8.40. The molecule has 2 fully saturated rings. The number of phenols is 1. The van der Waals surface area contributed by atoms with E-state index in [9.17, 15) is 14.7 Å². The number of hydrogen-bond donors (Lipinski definition) is 1. The Morgan fingerprint density at radius 3 is 2.93 bits per heavy atom. The number of rotatable bonds is 4. The molecule has 3 atom stereocenters. The monoisotopic (exact) mass is 391 g/mol. The first kappa shape index (κ1) is 18.2. The zero-order chi connectivity index (χ0) is 20.0. The lowest BCUT2D eigenvalue weighted by atomic mass is 10.0. The van der Waals surface area contributed by atoms with Crippen LogP contribution in [-0.4, -0.2) is 50.3 Å². The fourth-order valence-electron chi connectivity index (χ4n) is 4.88. The Kier molecular flexibility index (Phi) is 4.49. The van der Waals surface area contributed by atoms with Gasteiger partial charge in [0.05, 0.1) is 12.2 Å². The van der Waals surface area contributed by atoms with Crippen LogP contribution in [0.25, 0.3) is 0 Å². The number of pyridine rings is 1. The molecule has 0 spiro atoms. The van der Waals surface area contributed by atoms with Gasteiger partial charge in [-0.05, 0) is 60.9 Å². The zero-order valence-electron chi connectivity index (χ0n) is 16.3. The van der Waals surface area contributed by atoms with Gasteiger partial charge in [0.25, 0.3) is 0 Å².